The summed E-state index contributed by atoms with van der Waals surface area (Å²) < 4.78 is 5.53. The third kappa shape index (κ3) is 2.52. The molecule has 114 valence electrons. The normalized spacial score (nSPS) is 20.0. The van der Waals surface area contributed by atoms with E-state index in [-0.39, 0.29) is 11.9 Å². The van der Waals surface area contributed by atoms with E-state index in [9.17, 15) is 4.79 Å². The highest BCUT2D eigenvalue weighted by Crippen LogP contribution is 2.34. The molecule has 0 saturated carbocycles. The predicted octanol–water partition coefficient (Wildman–Crippen LogP) is 3.59. The first-order chi connectivity index (χ1) is 10.8. The van der Waals surface area contributed by atoms with Gasteiger partial charge in [0.25, 0.3) is 0 Å². The number of carbonyl (C=O) groups excluding carboxylic acids is 1. The van der Waals surface area contributed by atoms with Crippen LogP contribution in [0.4, 0.5) is 0 Å². The highest BCUT2D eigenvalue weighted by molar-refractivity contribution is 7.07. The van der Waals surface area contributed by atoms with E-state index in [1.54, 1.807) is 11.3 Å². The lowest BCUT2D eigenvalue weighted by atomic mass is 10.0. The van der Waals surface area contributed by atoms with Crippen molar-refractivity contribution in [3.8, 4) is 5.75 Å². The second-order valence-electron chi connectivity index (χ2n) is 6.02. The third-order valence-corrected chi connectivity index (χ3v) is 5.31. The number of fused-ring (bicyclic) bond motifs is 1. The van der Waals surface area contributed by atoms with Gasteiger partial charge in [-0.25, -0.2) is 0 Å². The fraction of sp³-hybridized carbons (Fsp3) is 0.389. The minimum Gasteiger partial charge on any atom is -0.493 e. The molecule has 2 aliphatic heterocycles. The van der Waals surface area contributed by atoms with Crippen LogP contribution in [0.15, 0.2) is 35.0 Å². The molecule has 2 aliphatic rings. The van der Waals surface area contributed by atoms with Crippen LogP contribution in [0.25, 0.3) is 0 Å². The molecule has 2 aromatic rings. The van der Waals surface area contributed by atoms with Gasteiger partial charge in [0.15, 0.2) is 0 Å². The monoisotopic (exact) mass is 313 g/mol. The number of likely N-dealkylation sites (tertiary alicyclic amines) is 1. The summed E-state index contributed by atoms with van der Waals surface area (Å²) in [6, 6.07) is 8.59. The van der Waals surface area contributed by atoms with Crippen molar-refractivity contribution in [3.05, 3.63) is 51.7 Å². The van der Waals surface area contributed by atoms with E-state index in [1.807, 2.05) is 12.1 Å². The van der Waals surface area contributed by atoms with Crippen molar-refractivity contribution in [2.75, 3.05) is 13.2 Å². The Bertz CT molecular complexity index is 680. The largest absolute Gasteiger partial charge is 0.493 e. The molecule has 0 N–H and O–H groups in total. The Morgan fingerprint density at radius 1 is 1.36 bits per heavy atom. The third-order valence-electron chi connectivity index (χ3n) is 4.61. The molecule has 0 spiro atoms. The van der Waals surface area contributed by atoms with Crippen molar-refractivity contribution in [2.45, 2.75) is 31.7 Å². The standard InChI is InChI=1S/C18H19NO2S/c20-18(11-13-3-4-17-14(10-13)5-8-21-17)19-7-1-2-16(19)15-6-9-22-12-15/h3-4,6,9-10,12,16H,1-2,5,7-8,11H2. The number of thiophene rings is 1. The summed E-state index contributed by atoms with van der Waals surface area (Å²) in [4.78, 5) is 14.8. The molecule has 3 heterocycles. The molecule has 1 fully saturated rings. The summed E-state index contributed by atoms with van der Waals surface area (Å²) in [5.41, 5.74) is 3.63. The van der Waals surface area contributed by atoms with Gasteiger partial charge in [-0.2, -0.15) is 11.3 Å². The molecular weight excluding hydrogens is 294 g/mol. The molecule has 22 heavy (non-hydrogen) atoms. The fourth-order valence-corrected chi connectivity index (χ4v) is 4.21. The Labute approximate surface area is 134 Å². The highest BCUT2D eigenvalue weighted by atomic mass is 32.1. The minimum absolute atomic E-state index is 0.243. The van der Waals surface area contributed by atoms with Crippen molar-refractivity contribution in [3.63, 3.8) is 0 Å². The van der Waals surface area contributed by atoms with Crippen molar-refractivity contribution in [1.29, 1.82) is 0 Å². The van der Waals surface area contributed by atoms with Crippen LogP contribution < -0.4 is 4.74 Å². The summed E-state index contributed by atoms with van der Waals surface area (Å²) in [5, 5.41) is 4.26. The zero-order chi connectivity index (χ0) is 14.9. The summed E-state index contributed by atoms with van der Waals surface area (Å²) in [7, 11) is 0. The van der Waals surface area contributed by atoms with Crippen LogP contribution in [0, 0.1) is 0 Å². The van der Waals surface area contributed by atoms with Gasteiger partial charge >= 0.3 is 0 Å². The number of hydrogen-bond acceptors (Lipinski definition) is 3. The van der Waals surface area contributed by atoms with Crippen LogP contribution in [-0.2, 0) is 17.6 Å². The number of amides is 1. The van der Waals surface area contributed by atoms with Crippen LogP contribution in [0.2, 0.25) is 0 Å². The fourth-order valence-electron chi connectivity index (χ4n) is 3.50. The van der Waals surface area contributed by atoms with Gasteiger partial charge in [-0.3, -0.25) is 4.79 Å². The number of nitrogens with zero attached hydrogens (tertiary/aromatic N) is 1. The van der Waals surface area contributed by atoms with Crippen LogP contribution in [0.1, 0.15) is 35.6 Å². The van der Waals surface area contributed by atoms with Crippen LogP contribution in [-0.4, -0.2) is 24.0 Å². The topological polar surface area (TPSA) is 29.5 Å². The van der Waals surface area contributed by atoms with Crippen LogP contribution in [0.5, 0.6) is 5.75 Å². The molecule has 1 unspecified atom stereocenters. The van der Waals surface area contributed by atoms with E-state index >= 15 is 0 Å². The Morgan fingerprint density at radius 2 is 2.32 bits per heavy atom. The number of ether oxygens (including phenoxy) is 1. The second kappa shape index (κ2) is 5.76. The van der Waals surface area contributed by atoms with E-state index in [0.717, 1.165) is 43.7 Å². The van der Waals surface area contributed by atoms with Gasteiger partial charge in [0.2, 0.25) is 5.91 Å². The average molecular weight is 313 g/mol. The van der Waals surface area contributed by atoms with E-state index in [1.165, 1.54) is 11.1 Å². The minimum atomic E-state index is 0.243. The van der Waals surface area contributed by atoms with Crippen LogP contribution in [0.3, 0.4) is 0 Å². The summed E-state index contributed by atoms with van der Waals surface area (Å²) in [6.45, 7) is 1.65. The van der Waals surface area contributed by atoms with Gasteiger partial charge in [0.1, 0.15) is 5.75 Å². The lowest BCUT2D eigenvalue weighted by molar-refractivity contribution is -0.131. The lowest BCUT2D eigenvalue weighted by Gasteiger charge is -2.24. The Hall–Kier alpha value is -1.81. The molecule has 0 aliphatic carbocycles. The maximum Gasteiger partial charge on any atom is 0.227 e. The number of rotatable bonds is 3. The van der Waals surface area contributed by atoms with Crippen molar-refractivity contribution in [2.24, 2.45) is 0 Å². The first kappa shape index (κ1) is 13.8. The quantitative estimate of drug-likeness (QED) is 0.866. The van der Waals surface area contributed by atoms with E-state index in [4.69, 9.17) is 4.74 Å². The number of carbonyl (C=O) groups is 1. The molecule has 1 atom stereocenters. The highest BCUT2D eigenvalue weighted by Gasteiger charge is 2.30. The van der Waals surface area contributed by atoms with Crippen molar-refractivity contribution < 1.29 is 9.53 Å². The molecule has 3 nitrogen and oxygen atoms in total. The molecule has 1 amide bonds. The van der Waals surface area contributed by atoms with Gasteiger partial charge < -0.3 is 9.64 Å². The summed E-state index contributed by atoms with van der Waals surface area (Å²) in [6.07, 6.45) is 3.64. The predicted molar refractivity (Wildman–Crippen MR) is 87.4 cm³/mol. The van der Waals surface area contributed by atoms with E-state index in [2.05, 4.69) is 27.8 Å². The number of hydrogen-bond donors (Lipinski definition) is 0. The maximum absolute atomic E-state index is 12.7. The van der Waals surface area contributed by atoms with Gasteiger partial charge in [-0.15, -0.1) is 0 Å². The molecular formula is C18H19NO2S. The van der Waals surface area contributed by atoms with Gasteiger partial charge in [-0.05, 0) is 52.4 Å². The van der Waals surface area contributed by atoms with Gasteiger partial charge in [-0.1, -0.05) is 12.1 Å². The van der Waals surface area contributed by atoms with Crippen molar-refractivity contribution in [1.82, 2.24) is 4.90 Å². The molecule has 0 bridgehead atoms. The molecule has 1 aromatic carbocycles. The summed E-state index contributed by atoms with van der Waals surface area (Å²) >= 11 is 1.71. The molecule has 0 radical (unpaired) electrons. The Morgan fingerprint density at radius 3 is 3.18 bits per heavy atom. The SMILES string of the molecule is O=C(Cc1ccc2c(c1)CCO2)N1CCCC1c1ccsc1. The molecule has 1 aromatic heterocycles. The van der Waals surface area contributed by atoms with Gasteiger partial charge in [0.05, 0.1) is 19.1 Å². The Balaban J connectivity index is 1.49. The van der Waals surface area contributed by atoms with E-state index < -0.39 is 0 Å². The van der Waals surface area contributed by atoms with Gasteiger partial charge in [0, 0.05) is 13.0 Å². The average Bonchev–Trinajstić information content (AvgIpc) is 3.26. The second-order valence-corrected chi connectivity index (χ2v) is 6.80. The number of benzene rings is 1. The molecule has 4 heteroatoms. The first-order valence-corrected chi connectivity index (χ1v) is 8.82. The molecule has 4 rings (SSSR count). The zero-order valence-corrected chi connectivity index (χ0v) is 13.3. The maximum atomic E-state index is 12.7. The first-order valence-electron chi connectivity index (χ1n) is 7.87. The zero-order valence-electron chi connectivity index (χ0n) is 12.5. The van der Waals surface area contributed by atoms with E-state index in [0.29, 0.717) is 6.42 Å². The smallest absolute Gasteiger partial charge is 0.227 e. The lowest BCUT2D eigenvalue weighted by Crippen LogP contribution is -2.31. The van der Waals surface area contributed by atoms with Crippen molar-refractivity contribution >= 4 is 17.2 Å². The Kier molecular flexibility index (Phi) is 3.62. The molecule has 1 saturated heterocycles. The summed E-state index contributed by atoms with van der Waals surface area (Å²) in [5.74, 6) is 1.22. The van der Waals surface area contributed by atoms with Crippen LogP contribution >= 0.6 is 11.3 Å².